The summed E-state index contributed by atoms with van der Waals surface area (Å²) in [5.74, 6) is 0. The molecule has 0 saturated heterocycles. The maximum absolute atomic E-state index is 2.47. The van der Waals surface area contributed by atoms with E-state index < -0.39 is 0 Å². The first-order chi connectivity index (χ1) is 16.4. The van der Waals surface area contributed by atoms with Crippen molar-refractivity contribution in [3.63, 3.8) is 0 Å². The van der Waals surface area contributed by atoms with Gasteiger partial charge in [0.05, 0.1) is 16.1 Å². The Labute approximate surface area is 208 Å². The van der Waals surface area contributed by atoms with Crippen LogP contribution in [0.3, 0.4) is 0 Å². The summed E-state index contributed by atoms with van der Waals surface area (Å²) < 4.78 is 2.37. The Morgan fingerprint density at radius 1 is 1.03 bits per heavy atom. The van der Waals surface area contributed by atoms with Gasteiger partial charge in [-0.25, -0.2) is 0 Å². The van der Waals surface area contributed by atoms with Gasteiger partial charge in [0.2, 0.25) is 5.69 Å². The van der Waals surface area contributed by atoms with E-state index >= 15 is 0 Å². The van der Waals surface area contributed by atoms with Crippen LogP contribution in [0.4, 0.5) is 5.69 Å². The molecule has 3 heteroatoms. The third kappa shape index (κ3) is 4.46. The number of nitrogens with zero attached hydrogens (tertiary/aromatic N) is 2. The Morgan fingerprint density at radius 2 is 1.85 bits per heavy atom. The lowest BCUT2D eigenvalue weighted by Crippen LogP contribution is -2.35. The number of allylic oxidation sites excluding steroid dienone is 4. The molecule has 0 saturated carbocycles. The number of fused-ring (bicyclic) bond motifs is 2. The summed E-state index contributed by atoms with van der Waals surface area (Å²) >= 11 is 1.91. The van der Waals surface area contributed by atoms with Crippen molar-refractivity contribution in [3.8, 4) is 0 Å². The van der Waals surface area contributed by atoms with Crippen LogP contribution in [0, 0.1) is 12.3 Å². The normalized spacial score (nSPS) is 19.7. The van der Waals surface area contributed by atoms with Gasteiger partial charge >= 0.3 is 0 Å². The molecule has 0 N–H and O–H groups in total. The second-order valence-electron chi connectivity index (χ2n) is 10.3. The highest BCUT2D eigenvalue weighted by Gasteiger charge is 2.28. The number of thioether (sulfide) groups is 1. The number of anilines is 1. The first-order valence-corrected chi connectivity index (χ1v) is 13.3. The van der Waals surface area contributed by atoms with E-state index in [1.165, 1.54) is 48.8 Å². The fraction of sp³-hybridized carbons (Fsp3) is 0.323. The van der Waals surface area contributed by atoms with Gasteiger partial charge in [-0.15, -0.1) is 0 Å². The van der Waals surface area contributed by atoms with Gasteiger partial charge in [-0.05, 0) is 85.4 Å². The molecule has 2 heterocycles. The molecule has 1 aromatic heterocycles. The van der Waals surface area contributed by atoms with Crippen molar-refractivity contribution in [2.24, 2.45) is 5.41 Å². The number of hydrogen-bond donors (Lipinski definition) is 0. The number of benzene rings is 2. The zero-order chi connectivity index (χ0) is 23.9. The molecule has 3 aromatic rings. The number of aryl methyl sites for hydroxylation is 2. The molecule has 1 aliphatic carbocycles. The predicted octanol–water partition coefficient (Wildman–Crippen LogP) is 8.06. The largest absolute Gasteiger partial charge is 0.335 e. The van der Waals surface area contributed by atoms with Crippen molar-refractivity contribution in [2.45, 2.75) is 58.9 Å². The van der Waals surface area contributed by atoms with E-state index in [-0.39, 0.29) is 5.41 Å². The van der Waals surface area contributed by atoms with E-state index in [9.17, 15) is 0 Å². The second-order valence-corrected chi connectivity index (χ2v) is 11.4. The van der Waals surface area contributed by atoms with Gasteiger partial charge in [0.15, 0.2) is 6.20 Å². The molecule has 0 amide bonds. The van der Waals surface area contributed by atoms with Crippen molar-refractivity contribution in [3.05, 3.63) is 94.3 Å². The molecule has 5 rings (SSSR count). The molecule has 0 spiro atoms. The summed E-state index contributed by atoms with van der Waals surface area (Å²) in [6.07, 6.45) is 11.7. The molecule has 0 atom stereocenters. The molecule has 2 nitrogen and oxygen atoms in total. The van der Waals surface area contributed by atoms with Crippen LogP contribution in [-0.2, 0) is 6.54 Å². The van der Waals surface area contributed by atoms with Gasteiger partial charge in [-0.2, -0.15) is 4.57 Å². The van der Waals surface area contributed by atoms with Crippen LogP contribution in [0.5, 0.6) is 0 Å². The number of rotatable bonds is 4. The minimum absolute atomic E-state index is 0.234. The molecule has 174 valence electrons. The molecule has 34 heavy (non-hydrogen) atoms. The molecule has 0 unspecified atom stereocenters. The summed E-state index contributed by atoms with van der Waals surface area (Å²) in [6, 6.07) is 17.8. The minimum atomic E-state index is 0.234. The van der Waals surface area contributed by atoms with Crippen molar-refractivity contribution in [1.82, 2.24) is 0 Å². The maximum Gasteiger partial charge on any atom is 0.213 e. The van der Waals surface area contributed by atoms with Crippen LogP contribution in [0.2, 0.25) is 0 Å². The van der Waals surface area contributed by atoms with E-state index in [4.69, 9.17) is 0 Å². The quantitative estimate of drug-likeness (QED) is 0.358. The molecule has 1 aliphatic heterocycles. The monoisotopic (exact) mass is 467 g/mol. The average molecular weight is 468 g/mol. The van der Waals surface area contributed by atoms with Gasteiger partial charge in [0.25, 0.3) is 0 Å². The molecule has 0 radical (unpaired) electrons. The van der Waals surface area contributed by atoms with Crippen molar-refractivity contribution >= 4 is 34.3 Å². The van der Waals surface area contributed by atoms with Crippen LogP contribution in [-0.4, -0.2) is 6.54 Å². The third-order valence-electron chi connectivity index (χ3n) is 6.89. The Balaban J connectivity index is 1.57. The fourth-order valence-corrected chi connectivity index (χ4v) is 6.57. The van der Waals surface area contributed by atoms with Gasteiger partial charge in [0.1, 0.15) is 6.54 Å². The fourth-order valence-electron chi connectivity index (χ4n) is 5.39. The number of hydrogen-bond acceptors (Lipinski definition) is 2. The van der Waals surface area contributed by atoms with E-state index in [1.807, 2.05) is 11.8 Å². The zero-order valence-corrected chi connectivity index (χ0v) is 21.9. The van der Waals surface area contributed by atoms with Gasteiger partial charge < -0.3 is 4.90 Å². The molecular weight excluding hydrogens is 432 g/mol. The van der Waals surface area contributed by atoms with Crippen LogP contribution >= 0.6 is 11.8 Å². The average Bonchev–Trinajstić information content (AvgIpc) is 3.14. The molecular formula is C31H35N2S+. The summed E-state index contributed by atoms with van der Waals surface area (Å²) in [4.78, 5) is 3.83. The Bertz CT molecular complexity index is 1340. The molecule has 2 aliphatic rings. The predicted molar refractivity (Wildman–Crippen MR) is 147 cm³/mol. The van der Waals surface area contributed by atoms with Gasteiger partial charge in [-0.3, -0.25) is 0 Å². The van der Waals surface area contributed by atoms with Crippen molar-refractivity contribution in [2.75, 3.05) is 11.4 Å². The van der Waals surface area contributed by atoms with Crippen LogP contribution in [0.15, 0.2) is 88.0 Å². The highest BCUT2D eigenvalue weighted by molar-refractivity contribution is 8.03. The topological polar surface area (TPSA) is 7.12 Å². The standard InChI is InChI=1S/C31H35N2S/c1-6-32-15-14-25-10-8-9-11-26(25)27(32)18-23-17-24(21-31(4,5)20-23)19-30-33(7-2)28-16-22(3)12-13-29(28)34-30/h8-19H,6-7,20-21H2,1-5H3/q+1. The van der Waals surface area contributed by atoms with Gasteiger partial charge in [-0.1, -0.05) is 56.0 Å². The molecule has 0 bridgehead atoms. The van der Waals surface area contributed by atoms with Gasteiger partial charge in [0, 0.05) is 23.6 Å². The smallest absolute Gasteiger partial charge is 0.213 e. The summed E-state index contributed by atoms with van der Waals surface area (Å²) in [7, 11) is 0. The van der Waals surface area contributed by atoms with Crippen LogP contribution < -0.4 is 9.47 Å². The zero-order valence-electron chi connectivity index (χ0n) is 21.1. The first kappa shape index (κ1) is 23.0. The molecule has 2 aromatic carbocycles. The summed E-state index contributed by atoms with van der Waals surface area (Å²) in [5.41, 5.74) is 7.06. The first-order valence-electron chi connectivity index (χ1n) is 12.5. The maximum atomic E-state index is 2.47. The van der Waals surface area contributed by atoms with E-state index in [0.29, 0.717) is 0 Å². The lowest BCUT2D eigenvalue weighted by atomic mass is 9.75. The SMILES string of the molecule is CCN1/C(=C/C2=CC(=C\c3c4ccccc4cc[n+]3CC)/CC(C)(C)C2)Sc2ccc(C)cc21. The van der Waals surface area contributed by atoms with Crippen molar-refractivity contribution in [1.29, 1.82) is 0 Å². The summed E-state index contributed by atoms with van der Waals surface area (Å²) in [5, 5.41) is 3.97. The highest BCUT2D eigenvalue weighted by atomic mass is 32.2. The van der Waals surface area contributed by atoms with Crippen LogP contribution in [0.1, 0.15) is 51.8 Å². The van der Waals surface area contributed by atoms with Crippen molar-refractivity contribution < 1.29 is 4.57 Å². The number of aromatic nitrogens is 1. The molecule has 0 fully saturated rings. The van der Waals surface area contributed by atoms with E-state index in [2.05, 4.69) is 117 Å². The Hall–Kier alpha value is -2.78. The minimum Gasteiger partial charge on any atom is -0.335 e. The summed E-state index contributed by atoms with van der Waals surface area (Å²) in [6.45, 7) is 13.4. The number of pyridine rings is 1. The van der Waals surface area contributed by atoms with E-state index in [0.717, 1.165) is 25.9 Å². The Kier molecular flexibility index (Phi) is 6.16. The third-order valence-corrected chi connectivity index (χ3v) is 8.00. The lowest BCUT2D eigenvalue weighted by molar-refractivity contribution is -0.693. The van der Waals surface area contributed by atoms with E-state index in [1.54, 1.807) is 0 Å². The lowest BCUT2D eigenvalue weighted by Gasteiger charge is -2.31. The Morgan fingerprint density at radius 3 is 2.65 bits per heavy atom. The second kappa shape index (κ2) is 9.11. The highest BCUT2D eigenvalue weighted by Crippen LogP contribution is 2.48. The van der Waals surface area contributed by atoms with Crippen LogP contribution in [0.25, 0.3) is 16.8 Å².